The number of carbonyl (C=O) groups excluding carboxylic acids is 1. The van der Waals surface area contributed by atoms with Crippen molar-refractivity contribution >= 4 is 26.7 Å². The molecular weight excluding hydrogens is 442 g/mol. The van der Waals surface area contributed by atoms with Crippen molar-refractivity contribution in [3.05, 3.63) is 52.1 Å². The van der Waals surface area contributed by atoms with E-state index in [-0.39, 0.29) is 35.4 Å². The van der Waals surface area contributed by atoms with E-state index in [1.165, 1.54) is 0 Å². The van der Waals surface area contributed by atoms with Gasteiger partial charge in [-0.3, -0.25) is 13.9 Å². The van der Waals surface area contributed by atoms with Crippen LogP contribution >= 0.6 is 0 Å². The molecule has 0 bridgehead atoms. The number of fused-ring (bicyclic) bond motifs is 1. The number of hydrogen-bond acceptors (Lipinski definition) is 6. The SMILES string of the molecule is CCOc1cc(-n2c(=O)n(C(C)C)c3cc(C(=O)CC4(C)CS(=O)(=O)C4)ccc32)c(C)cn1. The molecule has 1 aliphatic heterocycles. The molecule has 33 heavy (non-hydrogen) atoms. The van der Waals surface area contributed by atoms with Crippen molar-refractivity contribution in [2.45, 2.75) is 47.1 Å². The smallest absolute Gasteiger partial charge is 0.333 e. The molecule has 176 valence electrons. The van der Waals surface area contributed by atoms with E-state index in [0.717, 1.165) is 5.56 Å². The van der Waals surface area contributed by atoms with E-state index < -0.39 is 15.3 Å². The topological polar surface area (TPSA) is 100 Å². The molecule has 0 aliphatic carbocycles. The van der Waals surface area contributed by atoms with Crippen LogP contribution in [0.5, 0.6) is 5.88 Å². The first-order chi connectivity index (χ1) is 15.4. The normalized spacial score (nSPS) is 16.7. The van der Waals surface area contributed by atoms with Gasteiger partial charge in [0.15, 0.2) is 15.6 Å². The summed E-state index contributed by atoms with van der Waals surface area (Å²) >= 11 is 0. The zero-order valence-corrected chi connectivity index (χ0v) is 20.4. The first-order valence-electron chi connectivity index (χ1n) is 11.0. The van der Waals surface area contributed by atoms with Gasteiger partial charge in [-0.15, -0.1) is 0 Å². The summed E-state index contributed by atoms with van der Waals surface area (Å²) in [6, 6.07) is 6.85. The highest BCUT2D eigenvalue weighted by Crippen LogP contribution is 2.37. The Morgan fingerprint density at radius 3 is 2.52 bits per heavy atom. The van der Waals surface area contributed by atoms with Crippen LogP contribution in [0, 0.1) is 12.3 Å². The summed E-state index contributed by atoms with van der Waals surface area (Å²) in [6.07, 6.45) is 1.84. The number of aryl methyl sites for hydroxylation is 1. The maximum absolute atomic E-state index is 13.5. The molecule has 0 unspecified atom stereocenters. The Hall–Kier alpha value is -2.94. The number of benzene rings is 1. The number of pyridine rings is 1. The van der Waals surface area contributed by atoms with Gasteiger partial charge in [0.05, 0.1) is 34.8 Å². The second kappa shape index (κ2) is 8.13. The minimum absolute atomic E-state index is 0.0323. The fourth-order valence-corrected chi connectivity index (χ4v) is 6.94. The van der Waals surface area contributed by atoms with E-state index >= 15 is 0 Å². The van der Waals surface area contributed by atoms with Crippen molar-refractivity contribution < 1.29 is 17.9 Å². The van der Waals surface area contributed by atoms with Crippen LogP contribution in [0.4, 0.5) is 0 Å². The van der Waals surface area contributed by atoms with Crippen molar-refractivity contribution in [2.75, 3.05) is 18.1 Å². The van der Waals surface area contributed by atoms with Gasteiger partial charge in [0, 0.05) is 35.7 Å². The van der Waals surface area contributed by atoms with Crippen LogP contribution in [-0.4, -0.2) is 46.4 Å². The van der Waals surface area contributed by atoms with Crippen molar-refractivity contribution in [1.29, 1.82) is 0 Å². The molecule has 0 saturated carbocycles. The van der Waals surface area contributed by atoms with Crippen LogP contribution in [0.15, 0.2) is 35.3 Å². The molecule has 0 spiro atoms. The summed E-state index contributed by atoms with van der Waals surface area (Å²) in [5, 5.41) is 0. The molecule has 1 aliphatic rings. The molecular formula is C24H29N3O5S. The predicted octanol–water partition coefficient (Wildman–Crippen LogP) is 3.48. The Labute approximate surface area is 193 Å². The fourth-order valence-electron chi connectivity index (χ4n) is 4.70. The summed E-state index contributed by atoms with van der Waals surface area (Å²) in [7, 11) is -3.03. The molecule has 3 heterocycles. The van der Waals surface area contributed by atoms with Crippen LogP contribution in [0.1, 0.15) is 56.1 Å². The molecule has 4 rings (SSSR count). The van der Waals surface area contributed by atoms with Gasteiger partial charge in [0.2, 0.25) is 5.88 Å². The monoisotopic (exact) mass is 471 g/mol. The number of rotatable bonds is 7. The quantitative estimate of drug-likeness (QED) is 0.489. The number of aromatic nitrogens is 3. The van der Waals surface area contributed by atoms with Gasteiger partial charge in [0.1, 0.15) is 0 Å². The van der Waals surface area contributed by atoms with E-state index in [4.69, 9.17) is 4.74 Å². The van der Waals surface area contributed by atoms with Crippen LogP contribution in [0.25, 0.3) is 16.7 Å². The average Bonchev–Trinajstić information content (AvgIpc) is 2.98. The predicted molar refractivity (Wildman–Crippen MR) is 127 cm³/mol. The molecule has 0 radical (unpaired) electrons. The van der Waals surface area contributed by atoms with Crippen LogP contribution in [-0.2, 0) is 9.84 Å². The molecule has 0 amide bonds. The second-order valence-corrected chi connectivity index (χ2v) is 11.5. The van der Waals surface area contributed by atoms with E-state index in [0.29, 0.717) is 34.8 Å². The maximum Gasteiger partial charge on any atom is 0.333 e. The Kier molecular flexibility index (Phi) is 5.72. The number of imidazole rings is 1. The van der Waals surface area contributed by atoms with E-state index in [2.05, 4.69) is 4.98 Å². The highest BCUT2D eigenvalue weighted by Gasteiger charge is 2.45. The van der Waals surface area contributed by atoms with E-state index in [1.807, 2.05) is 34.6 Å². The van der Waals surface area contributed by atoms with Gasteiger partial charge < -0.3 is 4.74 Å². The summed E-state index contributed by atoms with van der Waals surface area (Å²) in [4.78, 5) is 30.8. The number of sulfone groups is 1. The Morgan fingerprint density at radius 1 is 1.21 bits per heavy atom. The zero-order valence-electron chi connectivity index (χ0n) is 19.6. The van der Waals surface area contributed by atoms with Gasteiger partial charge in [-0.1, -0.05) is 6.92 Å². The van der Waals surface area contributed by atoms with Crippen molar-refractivity contribution in [3.8, 4) is 11.6 Å². The number of Topliss-reactive ketones (excluding diaryl/α,β-unsaturated/α-hetero) is 1. The first kappa shape index (κ1) is 23.2. The van der Waals surface area contributed by atoms with Gasteiger partial charge in [-0.2, -0.15) is 0 Å². The fraction of sp³-hybridized carbons (Fsp3) is 0.458. The van der Waals surface area contributed by atoms with Gasteiger partial charge in [0.25, 0.3) is 0 Å². The van der Waals surface area contributed by atoms with Gasteiger partial charge in [-0.05, 0) is 51.5 Å². The van der Waals surface area contributed by atoms with E-state index in [9.17, 15) is 18.0 Å². The minimum Gasteiger partial charge on any atom is -0.478 e. The largest absolute Gasteiger partial charge is 0.478 e. The standard InChI is InChI=1S/C24H29N3O5S/c1-6-32-22-10-19(16(4)12-25-22)27-18-8-7-17(9-20(18)26(15(2)3)23(27)29)21(28)11-24(5)13-33(30,31)14-24/h7-10,12,15H,6,11,13-14H2,1-5H3. The molecule has 8 nitrogen and oxygen atoms in total. The lowest BCUT2D eigenvalue weighted by Gasteiger charge is -2.37. The van der Waals surface area contributed by atoms with Crippen molar-refractivity contribution in [3.63, 3.8) is 0 Å². The van der Waals surface area contributed by atoms with Gasteiger partial charge in [-0.25, -0.2) is 18.2 Å². The van der Waals surface area contributed by atoms with Crippen LogP contribution in [0.2, 0.25) is 0 Å². The number of ketones is 1. The average molecular weight is 472 g/mol. The zero-order chi connectivity index (χ0) is 24.1. The number of carbonyl (C=O) groups is 1. The third-order valence-electron chi connectivity index (χ3n) is 6.02. The van der Waals surface area contributed by atoms with Crippen molar-refractivity contribution in [2.24, 2.45) is 5.41 Å². The summed E-state index contributed by atoms with van der Waals surface area (Å²) in [5.41, 5.74) is 2.57. The lowest BCUT2D eigenvalue weighted by atomic mass is 9.86. The van der Waals surface area contributed by atoms with Crippen LogP contribution in [0.3, 0.4) is 0 Å². The maximum atomic E-state index is 13.5. The molecule has 0 atom stereocenters. The number of ether oxygens (including phenoxy) is 1. The summed E-state index contributed by atoms with van der Waals surface area (Å²) in [6.45, 7) is 9.89. The Balaban J connectivity index is 1.82. The van der Waals surface area contributed by atoms with Crippen molar-refractivity contribution in [1.82, 2.24) is 14.1 Å². The molecule has 9 heteroatoms. The highest BCUT2D eigenvalue weighted by molar-refractivity contribution is 7.92. The minimum atomic E-state index is -3.03. The Bertz CT molecular complexity index is 1400. The third-order valence-corrected chi connectivity index (χ3v) is 8.29. The molecule has 1 fully saturated rings. The lowest BCUT2D eigenvalue weighted by Crippen LogP contribution is -2.47. The van der Waals surface area contributed by atoms with E-state index in [1.54, 1.807) is 39.6 Å². The Morgan fingerprint density at radius 2 is 1.91 bits per heavy atom. The summed E-state index contributed by atoms with van der Waals surface area (Å²) in [5.74, 6) is 0.379. The molecule has 1 aromatic carbocycles. The number of hydrogen-bond donors (Lipinski definition) is 0. The van der Waals surface area contributed by atoms with Crippen LogP contribution < -0.4 is 10.4 Å². The molecule has 1 saturated heterocycles. The summed E-state index contributed by atoms with van der Waals surface area (Å²) < 4.78 is 32.1. The van der Waals surface area contributed by atoms with Gasteiger partial charge >= 0.3 is 5.69 Å². The second-order valence-electron chi connectivity index (χ2n) is 9.47. The highest BCUT2D eigenvalue weighted by atomic mass is 32.2. The third kappa shape index (κ3) is 4.21. The molecule has 2 aromatic heterocycles. The number of nitrogens with zero attached hydrogens (tertiary/aromatic N) is 3. The first-order valence-corrected chi connectivity index (χ1v) is 12.9. The lowest BCUT2D eigenvalue weighted by molar-refractivity contribution is 0.0936. The molecule has 0 N–H and O–H groups in total. The molecule has 3 aromatic rings.